The normalized spacial score (nSPS) is 45.0. The summed E-state index contributed by atoms with van der Waals surface area (Å²) in [4.78, 5) is 0. The van der Waals surface area contributed by atoms with Crippen LogP contribution in [0.3, 0.4) is 0 Å². The molecule has 1 aliphatic heterocycles. The van der Waals surface area contributed by atoms with E-state index in [-0.39, 0.29) is 0 Å². The first-order valence-electron chi connectivity index (χ1n) is 2.96. The molecule has 0 radical (unpaired) electrons. The van der Waals surface area contributed by atoms with Gasteiger partial charge in [0.05, 0.1) is 12.2 Å². The third kappa shape index (κ3) is 1.40. The van der Waals surface area contributed by atoms with Crippen LogP contribution in [0, 0.1) is 0 Å². The van der Waals surface area contributed by atoms with Crippen molar-refractivity contribution >= 4 is 0 Å². The second-order valence-corrected chi connectivity index (χ2v) is 2.28. The molecule has 1 aliphatic rings. The topological polar surface area (TPSA) is 72.7 Å². The maximum Gasteiger partial charge on any atom is 0.108 e. The molecule has 0 aromatic rings. The van der Waals surface area contributed by atoms with Crippen LogP contribution < -0.4 is 5.32 Å². The van der Waals surface area contributed by atoms with Gasteiger partial charge in [-0.2, -0.15) is 0 Å². The van der Waals surface area contributed by atoms with E-state index >= 15 is 0 Å². The number of rotatable bonds is 0. The zero-order valence-corrected chi connectivity index (χ0v) is 4.99. The van der Waals surface area contributed by atoms with Crippen molar-refractivity contribution in [2.45, 2.75) is 18.3 Å². The largest absolute Gasteiger partial charge is 0.389 e. The standard InChI is InChI=1S/C5H11NO3/c7-3-1-6-2-4(8)5(3)9/h3-9H,1-2H2/t3-,4?,5?/m0/s1. The van der Waals surface area contributed by atoms with E-state index in [9.17, 15) is 0 Å². The maximum absolute atomic E-state index is 8.91. The molecular formula is C5H11NO3. The molecular weight excluding hydrogens is 122 g/mol. The molecule has 0 amide bonds. The summed E-state index contributed by atoms with van der Waals surface area (Å²) >= 11 is 0. The summed E-state index contributed by atoms with van der Waals surface area (Å²) in [5.74, 6) is 0. The van der Waals surface area contributed by atoms with Crippen molar-refractivity contribution in [1.29, 1.82) is 0 Å². The Morgan fingerprint density at radius 2 is 1.44 bits per heavy atom. The van der Waals surface area contributed by atoms with Crippen molar-refractivity contribution in [3.05, 3.63) is 0 Å². The van der Waals surface area contributed by atoms with E-state index < -0.39 is 18.3 Å². The molecule has 1 saturated heterocycles. The van der Waals surface area contributed by atoms with Crippen LogP contribution in [0.4, 0.5) is 0 Å². The zero-order chi connectivity index (χ0) is 6.85. The minimum absolute atomic E-state index is 0.359. The lowest BCUT2D eigenvalue weighted by molar-refractivity contribution is -0.0750. The van der Waals surface area contributed by atoms with Crippen LogP contribution >= 0.6 is 0 Å². The van der Waals surface area contributed by atoms with E-state index in [1.807, 2.05) is 0 Å². The Morgan fingerprint density at radius 1 is 1.00 bits per heavy atom. The summed E-state index contributed by atoms with van der Waals surface area (Å²) in [6.07, 6.45) is -2.63. The second kappa shape index (κ2) is 2.62. The van der Waals surface area contributed by atoms with Gasteiger partial charge in [-0.3, -0.25) is 0 Å². The predicted octanol–water partition coefficient (Wildman–Crippen LogP) is -2.33. The predicted molar refractivity (Wildman–Crippen MR) is 30.9 cm³/mol. The van der Waals surface area contributed by atoms with Gasteiger partial charge in [0.2, 0.25) is 0 Å². The molecule has 4 N–H and O–H groups in total. The van der Waals surface area contributed by atoms with Gasteiger partial charge in [-0.05, 0) is 0 Å². The second-order valence-electron chi connectivity index (χ2n) is 2.28. The third-order valence-electron chi connectivity index (χ3n) is 1.50. The van der Waals surface area contributed by atoms with Gasteiger partial charge >= 0.3 is 0 Å². The third-order valence-corrected chi connectivity index (χ3v) is 1.50. The Labute approximate surface area is 53.1 Å². The Balaban J connectivity index is 2.41. The van der Waals surface area contributed by atoms with Crippen molar-refractivity contribution < 1.29 is 15.3 Å². The molecule has 4 heteroatoms. The van der Waals surface area contributed by atoms with Gasteiger partial charge in [0.15, 0.2) is 0 Å². The van der Waals surface area contributed by atoms with E-state index in [4.69, 9.17) is 15.3 Å². The molecule has 0 aliphatic carbocycles. The van der Waals surface area contributed by atoms with E-state index in [0.717, 1.165) is 0 Å². The quantitative estimate of drug-likeness (QED) is 0.299. The van der Waals surface area contributed by atoms with Gasteiger partial charge in [-0.15, -0.1) is 0 Å². The van der Waals surface area contributed by atoms with E-state index in [1.54, 1.807) is 0 Å². The van der Waals surface area contributed by atoms with Gasteiger partial charge in [0.25, 0.3) is 0 Å². The lowest BCUT2D eigenvalue weighted by atomic mass is 10.0. The molecule has 0 saturated carbocycles. The Bertz CT molecular complexity index is 88.2. The summed E-state index contributed by atoms with van der Waals surface area (Å²) in [5.41, 5.74) is 0. The highest BCUT2D eigenvalue weighted by atomic mass is 16.4. The Hall–Kier alpha value is -0.160. The summed E-state index contributed by atoms with van der Waals surface area (Å²) in [7, 11) is 0. The summed E-state index contributed by atoms with van der Waals surface area (Å²) in [5, 5.41) is 29.4. The number of piperidine rings is 1. The van der Waals surface area contributed by atoms with E-state index in [2.05, 4.69) is 5.32 Å². The fraction of sp³-hybridized carbons (Fsp3) is 1.00. The molecule has 0 bridgehead atoms. The fourth-order valence-corrected chi connectivity index (χ4v) is 0.877. The number of aliphatic hydroxyl groups is 3. The van der Waals surface area contributed by atoms with Gasteiger partial charge < -0.3 is 20.6 Å². The molecule has 0 aromatic heterocycles. The number of aliphatic hydroxyl groups excluding tert-OH is 3. The number of β-amino-alcohol motifs (C(OH)–C–C–N with tert-alkyl or cyclic N) is 2. The van der Waals surface area contributed by atoms with Gasteiger partial charge in [0, 0.05) is 13.1 Å². The highest BCUT2D eigenvalue weighted by molar-refractivity contribution is 4.83. The molecule has 9 heavy (non-hydrogen) atoms. The molecule has 3 atom stereocenters. The first-order chi connectivity index (χ1) is 4.22. The molecule has 4 nitrogen and oxygen atoms in total. The average molecular weight is 133 g/mol. The summed E-state index contributed by atoms with van der Waals surface area (Å²) in [6.45, 7) is 0.719. The van der Waals surface area contributed by atoms with E-state index in [1.165, 1.54) is 0 Å². The van der Waals surface area contributed by atoms with Crippen LogP contribution in [0.1, 0.15) is 0 Å². The van der Waals surface area contributed by atoms with Crippen LogP contribution in [0.25, 0.3) is 0 Å². The number of nitrogens with one attached hydrogen (secondary N) is 1. The zero-order valence-electron chi connectivity index (χ0n) is 4.99. The van der Waals surface area contributed by atoms with Gasteiger partial charge in [-0.25, -0.2) is 0 Å². The van der Waals surface area contributed by atoms with Crippen molar-refractivity contribution in [3.8, 4) is 0 Å². The molecule has 0 aromatic carbocycles. The lowest BCUT2D eigenvalue weighted by Crippen LogP contribution is -2.53. The molecule has 54 valence electrons. The molecule has 1 fully saturated rings. The molecule has 0 spiro atoms. The van der Waals surface area contributed by atoms with Crippen LogP contribution in [0.2, 0.25) is 0 Å². The molecule has 1 heterocycles. The fourth-order valence-electron chi connectivity index (χ4n) is 0.877. The highest BCUT2D eigenvalue weighted by Crippen LogP contribution is 2.02. The van der Waals surface area contributed by atoms with Gasteiger partial charge in [0.1, 0.15) is 6.10 Å². The molecule has 2 unspecified atom stereocenters. The van der Waals surface area contributed by atoms with Crippen LogP contribution in [0.15, 0.2) is 0 Å². The Kier molecular flexibility index (Phi) is 2.02. The van der Waals surface area contributed by atoms with Crippen molar-refractivity contribution in [1.82, 2.24) is 5.32 Å². The minimum atomic E-state index is -0.980. The first-order valence-corrected chi connectivity index (χ1v) is 2.96. The van der Waals surface area contributed by atoms with E-state index in [0.29, 0.717) is 13.1 Å². The van der Waals surface area contributed by atoms with Crippen molar-refractivity contribution in [2.24, 2.45) is 0 Å². The molecule has 1 rings (SSSR count). The van der Waals surface area contributed by atoms with Crippen LogP contribution in [0.5, 0.6) is 0 Å². The average Bonchev–Trinajstić information content (AvgIpc) is 1.83. The summed E-state index contributed by atoms with van der Waals surface area (Å²) < 4.78 is 0. The van der Waals surface area contributed by atoms with Crippen LogP contribution in [-0.2, 0) is 0 Å². The van der Waals surface area contributed by atoms with Crippen LogP contribution in [-0.4, -0.2) is 46.7 Å². The SMILES string of the molecule is OC1CNC[C@H](O)C1O. The monoisotopic (exact) mass is 133 g/mol. The van der Waals surface area contributed by atoms with Gasteiger partial charge in [-0.1, -0.05) is 0 Å². The first kappa shape index (κ1) is 6.95. The lowest BCUT2D eigenvalue weighted by Gasteiger charge is -2.28. The van der Waals surface area contributed by atoms with Crippen molar-refractivity contribution in [2.75, 3.05) is 13.1 Å². The smallest absolute Gasteiger partial charge is 0.108 e. The highest BCUT2D eigenvalue weighted by Gasteiger charge is 2.27. The number of hydrogen-bond donors (Lipinski definition) is 4. The number of hydrogen-bond acceptors (Lipinski definition) is 4. The maximum atomic E-state index is 8.91. The Morgan fingerprint density at radius 3 is 1.78 bits per heavy atom. The summed E-state index contributed by atoms with van der Waals surface area (Å²) in [6, 6.07) is 0. The van der Waals surface area contributed by atoms with Crippen molar-refractivity contribution in [3.63, 3.8) is 0 Å². The minimum Gasteiger partial charge on any atom is -0.389 e.